The summed E-state index contributed by atoms with van der Waals surface area (Å²) >= 11 is 0. The van der Waals surface area contributed by atoms with E-state index in [0.717, 1.165) is 23.1 Å². The second-order valence-electron chi connectivity index (χ2n) is 5.47. The van der Waals surface area contributed by atoms with Crippen molar-refractivity contribution in [2.24, 2.45) is 0 Å². The molecular formula is C17H16N4. The van der Waals surface area contributed by atoms with Crippen molar-refractivity contribution in [3.8, 4) is 0 Å². The molecule has 4 rings (SSSR count). The summed E-state index contributed by atoms with van der Waals surface area (Å²) in [6.07, 6.45) is 1.02. The minimum atomic E-state index is 0.320. The Kier molecular flexibility index (Phi) is 2.57. The third-order valence-corrected chi connectivity index (χ3v) is 4.04. The molecule has 1 aromatic heterocycles. The molecule has 1 unspecified atom stereocenters. The Morgan fingerprint density at radius 2 is 1.81 bits per heavy atom. The van der Waals surface area contributed by atoms with Crippen LogP contribution in [0.5, 0.6) is 0 Å². The van der Waals surface area contributed by atoms with E-state index in [9.17, 15) is 0 Å². The first-order valence-corrected chi connectivity index (χ1v) is 7.13. The van der Waals surface area contributed by atoms with Crippen LogP contribution in [0, 0.1) is 0 Å². The molecule has 1 aliphatic rings. The smallest absolute Gasteiger partial charge is 0.222 e. The van der Waals surface area contributed by atoms with Gasteiger partial charge in [-0.15, -0.1) is 0 Å². The van der Waals surface area contributed by atoms with Crippen molar-refractivity contribution in [2.75, 3.05) is 10.6 Å². The van der Waals surface area contributed by atoms with Crippen molar-refractivity contribution in [3.63, 3.8) is 0 Å². The SMILES string of the molecule is CC1Cc2ccccc2N1c1nc(N)nc2ccccc12. The molecular weight excluding hydrogens is 260 g/mol. The number of anilines is 3. The highest BCUT2D eigenvalue weighted by molar-refractivity contribution is 5.93. The van der Waals surface area contributed by atoms with Gasteiger partial charge in [0, 0.05) is 17.1 Å². The van der Waals surface area contributed by atoms with Gasteiger partial charge < -0.3 is 10.6 Å². The first-order chi connectivity index (χ1) is 10.2. The summed E-state index contributed by atoms with van der Waals surface area (Å²) < 4.78 is 0. The summed E-state index contributed by atoms with van der Waals surface area (Å²) in [6.45, 7) is 2.22. The van der Waals surface area contributed by atoms with Crippen LogP contribution in [-0.4, -0.2) is 16.0 Å². The zero-order chi connectivity index (χ0) is 14.4. The summed E-state index contributed by atoms with van der Waals surface area (Å²) in [5.74, 6) is 1.22. The van der Waals surface area contributed by atoms with E-state index in [4.69, 9.17) is 5.73 Å². The number of para-hydroxylation sites is 2. The van der Waals surface area contributed by atoms with Gasteiger partial charge in [-0.2, -0.15) is 4.98 Å². The van der Waals surface area contributed by atoms with Crippen LogP contribution >= 0.6 is 0 Å². The first kappa shape index (κ1) is 12.1. The highest BCUT2D eigenvalue weighted by Crippen LogP contribution is 2.39. The summed E-state index contributed by atoms with van der Waals surface area (Å²) in [6, 6.07) is 16.8. The van der Waals surface area contributed by atoms with Gasteiger partial charge in [-0.25, -0.2) is 4.98 Å². The summed E-state index contributed by atoms with van der Waals surface area (Å²) in [4.78, 5) is 11.1. The second kappa shape index (κ2) is 4.45. The van der Waals surface area contributed by atoms with E-state index in [2.05, 4.69) is 52.1 Å². The van der Waals surface area contributed by atoms with Crippen LogP contribution in [0.1, 0.15) is 12.5 Å². The van der Waals surface area contributed by atoms with Crippen molar-refractivity contribution in [1.82, 2.24) is 9.97 Å². The predicted octanol–water partition coefficient (Wildman–Crippen LogP) is 3.29. The molecule has 0 radical (unpaired) electrons. The van der Waals surface area contributed by atoms with Crippen molar-refractivity contribution in [2.45, 2.75) is 19.4 Å². The molecule has 0 aliphatic carbocycles. The molecule has 0 amide bonds. The van der Waals surface area contributed by atoms with Gasteiger partial charge >= 0.3 is 0 Å². The van der Waals surface area contributed by atoms with E-state index in [0.29, 0.717) is 12.0 Å². The average molecular weight is 276 g/mol. The molecule has 3 aromatic rings. The molecule has 4 nitrogen and oxygen atoms in total. The molecule has 0 spiro atoms. The molecule has 104 valence electrons. The lowest BCUT2D eigenvalue weighted by Gasteiger charge is -2.25. The molecule has 1 aliphatic heterocycles. The fraction of sp³-hybridized carbons (Fsp3) is 0.176. The van der Waals surface area contributed by atoms with Crippen molar-refractivity contribution in [1.29, 1.82) is 0 Å². The van der Waals surface area contributed by atoms with Crippen molar-refractivity contribution >= 4 is 28.4 Å². The lowest BCUT2D eigenvalue weighted by atomic mass is 10.1. The zero-order valence-electron chi connectivity index (χ0n) is 11.8. The fourth-order valence-corrected chi connectivity index (χ4v) is 3.15. The van der Waals surface area contributed by atoms with E-state index in [1.165, 1.54) is 11.3 Å². The normalized spacial score (nSPS) is 17.2. The molecule has 0 saturated carbocycles. The Morgan fingerprint density at radius 1 is 1.05 bits per heavy atom. The molecule has 21 heavy (non-hydrogen) atoms. The van der Waals surface area contributed by atoms with Gasteiger partial charge in [-0.1, -0.05) is 30.3 Å². The maximum Gasteiger partial charge on any atom is 0.222 e. The standard InChI is InChI=1S/C17H16N4/c1-11-10-12-6-2-5-9-15(12)21(11)16-13-7-3-4-8-14(13)19-17(18)20-16/h2-9,11H,10H2,1H3,(H2,18,19,20). The Morgan fingerprint density at radius 3 is 2.71 bits per heavy atom. The van der Waals surface area contributed by atoms with Gasteiger partial charge in [0.2, 0.25) is 5.95 Å². The molecule has 2 heterocycles. The van der Waals surface area contributed by atoms with E-state index < -0.39 is 0 Å². The lowest BCUT2D eigenvalue weighted by Crippen LogP contribution is -2.25. The highest BCUT2D eigenvalue weighted by Gasteiger charge is 2.29. The minimum absolute atomic E-state index is 0.320. The van der Waals surface area contributed by atoms with Gasteiger partial charge in [-0.05, 0) is 37.1 Å². The van der Waals surface area contributed by atoms with Crippen LogP contribution in [0.25, 0.3) is 10.9 Å². The molecule has 0 saturated heterocycles. The number of aromatic nitrogens is 2. The van der Waals surface area contributed by atoms with Gasteiger partial charge in [0.1, 0.15) is 5.82 Å². The fourth-order valence-electron chi connectivity index (χ4n) is 3.15. The van der Waals surface area contributed by atoms with Crippen molar-refractivity contribution in [3.05, 3.63) is 54.1 Å². The second-order valence-corrected chi connectivity index (χ2v) is 5.47. The molecule has 1 atom stereocenters. The van der Waals surface area contributed by atoms with E-state index in [1.54, 1.807) is 0 Å². The van der Waals surface area contributed by atoms with Crippen LogP contribution in [-0.2, 0) is 6.42 Å². The van der Waals surface area contributed by atoms with Crippen LogP contribution in [0.4, 0.5) is 17.5 Å². The number of benzene rings is 2. The number of fused-ring (bicyclic) bond motifs is 2. The average Bonchev–Trinajstić information content (AvgIpc) is 2.82. The highest BCUT2D eigenvalue weighted by atomic mass is 15.3. The Bertz CT molecular complexity index is 828. The molecule has 0 fully saturated rings. The molecule has 2 N–H and O–H groups in total. The molecule has 2 aromatic carbocycles. The Labute approximate surface area is 123 Å². The minimum Gasteiger partial charge on any atom is -0.368 e. The van der Waals surface area contributed by atoms with E-state index in [1.807, 2.05) is 18.2 Å². The van der Waals surface area contributed by atoms with Gasteiger partial charge in [-0.3, -0.25) is 0 Å². The van der Waals surface area contributed by atoms with Crippen molar-refractivity contribution < 1.29 is 0 Å². The van der Waals surface area contributed by atoms with Crippen LogP contribution < -0.4 is 10.6 Å². The first-order valence-electron chi connectivity index (χ1n) is 7.13. The summed E-state index contributed by atoms with van der Waals surface area (Å²) in [5.41, 5.74) is 9.36. The van der Waals surface area contributed by atoms with Crippen LogP contribution in [0.3, 0.4) is 0 Å². The molecule has 4 heteroatoms. The number of hydrogen-bond acceptors (Lipinski definition) is 4. The van der Waals surface area contributed by atoms with Gasteiger partial charge in [0.15, 0.2) is 0 Å². The quantitative estimate of drug-likeness (QED) is 0.741. The van der Waals surface area contributed by atoms with Gasteiger partial charge in [0.05, 0.1) is 5.52 Å². The monoisotopic (exact) mass is 276 g/mol. The zero-order valence-corrected chi connectivity index (χ0v) is 11.8. The largest absolute Gasteiger partial charge is 0.368 e. The number of hydrogen-bond donors (Lipinski definition) is 1. The van der Waals surface area contributed by atoms with Crippen LogP contribution in [0.2, 0.25) is 0 Å². The van der Waals surface area contributed by atoms with E-state index >= 15 is 0 Å². The van der Waals surface area contributed by atoms with Crippen LogP contribution in [0.15, 0.2) is 48.5 Å². The number of nitrogen functional groups attached to an aromatic ring is 1. The summed E-state index contributed by atoms with van der Waals surface area (Å²) in [5, 5.41) is 1.04. The maximum absolute atomic E-state index is 5.91. The Balaban J connectivity index is 1.99. The third kappa shape index (κ3) is 1.83. The topological polar surface area (TPSA) is 55.0 Å². The number of nitrogens with two attached hydrogens (primary N) is 1. The lowest BCUT2D eigenvalue weighted by molar-refractivity contribution is 0.753. The predicted molar refractivity (Wildman–Crippen MR) is 85.7 cm³/mol. The number of rotatable bonds is 1. The number of nitrogens with zero attached hydrogens (tertiary/aromatic N) is 3. The van der Waals surface area contributed by atoms with Gasteiger partial charge in [0.25, 0.3) is 0 Å². The third-order valence-electron chi connectivity index (χ3n) is 4.04. The summed E-state index contributed by atoms with van der Waals surface area (Å²) in [7, 11) is 0. The maximum atomic E-state index is 5.91. The van der Waals surface area contributed by atoms with E-state index in [-0.39, 0.29) is 0 Å². The molecule has 0 bridgehead atoms. The Hall–Kier alpha value is -2.62.